The third-order valence-corrected chi connectivity index (χ3v) is 5.11. The highest BCUT2D eigenvalue weighted by atomic mass is 35.5. The van der Waals surface area contributed by atoms with Gasteiger partial charge in [0.05, 0.1) is 21.7 Å². The zero-order valence-electron chi connectivity index (χ0n) is 14.7. The summed E-state index contributed by atoms with van der Waals surface area (Å²) in [5.41, 5.74) is 2.47. The number of benzene rings is 3. The van der Waals surface area contributed by atoms with Crippen molar-refractivity contribution in [2.24, 2.45) is 0 Å². The first kappa shape index (κ1) is 18.5. The van der Waals surface area contributed by atoms with Gasteiger partial charge in [-0.1, -0.05) is 41.4 Å². The maximum absolute atomic E-state index is 8.97. The maximum atomic E-state index is 8.97. The smallest absolute Gasteiger partial charge is 0.162 e. The van der Waals surface area contributed by atoms with Gasteiger partial charge < -0.3 is 14.2 Å². The van der Waals surface area contributed by atoms with Gasteiger partial charge in [0.1, 0.15) is 19.0 Å². The number of halogens is 2. The van der Waals surface area contributed by atoms with E-state index in [1.54, 1.807) is 30.3 Å². The van der Waals surface area contributed by atoms with Crippen molar-refractivity contribution in [3.05, 3.63) is 87.4 Å². The van der Waals surface area contributed by atoms with Crippen molar-refractivity contribution in [3.63, 3.8) is 0 Å². The van der Waals surface area contributed by atoms with Crippen molar-refractivity contribution in [2.45, 2.75) is 12.7 Å². The minimum Gasteiger partial charge on any atom is -0.489 e. The lowest BCUT2D eigenvalue weighted by molar-refractivity contribution is 0.0912. The molecule has 3 aromatic carbocycles. The molecule has 0 unspecified atom stereocenters. The van der Waals surface area contributed by atoms with E-state index < -0.39 is 0 Å². The van der Waals surface area contributed by atoms with E-state index in [1.165, 1.54) is 0 Å². The van der Waals surface area contributed by atoms with Crippen LogP contribution in [0.15, 0.2) is 60.7 Å². The molecule has 0 amide bonds. The van der Waals surface area contributed by atoms with Gasteiger partial charge >= 0.3 is 0 Å². The van der Waals surface area contributed by atoms with E-state index >= 15 is 0 Å². The molecule has 140 valence electrons. The van der Waals surface area contributed by atoms with Crippen LogP contribution in [0.25, 0.3) is 0 Å². The Hall–Kier alpha value is -2.87. The first-order valence-electron chi connectivity index (χ1n) is 8.62. The Morgan fingerprint density at radius 1 is 0.964 bits per heavy atom. The summed E-state index contributed by atoms with van der Waals surface area (Å²) in [6.07, 6.45) is -0.218. The van der Waals surface area contributed by atoms with Crippen LogP contribution in [0, 0.1) is 11.3 Å². The summed E-state index contributed by atoms with van der Waals surface area (Å²) in [6, 6.07) is 20.4. The molecule has 1 aliphatic heterocycles. The molecule has 4 nitrogen and oxygen atoms in total. The molecule has 0 spiro atoms. The minimum atomic E-state index is -0.218. The Bertz CT molecular complexity index is 1040. The Balaban J connectivity index is 1.40. The molecule has 4 rings (SSSR count). The fraction of sp³-hybridized carbons (Fsp3) is 0.136. The second-order valence-electron chi connectivity index (χ2n) is 6.30. The average Bonchev–Trinajstić information content (AvgIpc) is 2.74. The molecule has 0 bridgehead atoms. The average molecular weight is 412 g/mol. The van der Waals surface area contributed by atoms with Crippen LogP contribution in [0.4, 0.5) is 0 Å². The summed E-state index contributed by atoms with van der Waals surface area (Å²) in [4.78, 5) is 0. The third kappa shape index (κ3) is 4.01. The van der Waals surface area contributed by atoms with E-state index in [2.05, 4.69) is 6.07 Å². The first-order valence-corrected chi connectivity index (χ1v) is 9.38. The Morgan fingerprint density at radius 2 is 1.79 bits per heavy atom. The summed E-state index contributed by atoms with van der Waals surface area (Å²) in [7, 11) is 0. The molecule has 0 N–H and O–H groups in total. The Labute approximate surface area is 172 Å². The molecule has 0 fully saturated rings. The number of hydrogen-bond acceptors (Lipinski definition) is 4. The van der Waals surface area contributed by atoms with Crippen molar-refractivity contribution in [1.29, 1.82) is 5.26 Å². The van der Waals surface area contributed by atoms with Crippen LogP contribution in [0.1, 0.15) is 22.8 Å². The van der Waals surface area contributed by atoms with Gasteiger partial charge in [-0.15, -0.1) is 0 Å². The molecule has 3 aromatic rings. The van der Waals surface area contributed by atoms with Crippen LogP contribution in [0.2, 0.25) is 10.0 Å². The lowest BCUT2D eigenvalue weighted by atomic mass is 10.1. The minimum absolute atomic E-state index is 0.218. The molecule has 0 aromatic heterocycles. The highest BCUT2D eigenvalue weighted by Gasteiger charge is 2.23. The van der Waals surface area contributed by atoms with E-state index in [1.807, 2.05) is 30.3 Å². The Morgan fingerprint density at radius 3 is 2.54 bits per heavy atom. The summed E-state index contributed by atoms with van der Waals surface area (Å²) in [6.45, 7) is 0.777. The molecule has 0 radical (unpaired) electrons. The standard InChI is InChI=1S/C22H15Cl2NO3/c23-18-7-1-15(9-19(18)24)12-26-17-5-3-16(4-6-17)22-13-27-21-10-14(11-25)2-8-20(21)28-22/h1-10,22H,12-13H2/t22-/m0/s1. The predicted octanol–water partition coefficient (Wildman–Crippen LogP) is 5.96. The zero-order valence-corrected chi connectivity index (χ0v) is 16.2. The van der Waals surface area contributed by atoms with Crippen molar-refractivity contribution in [3.8, 4) is 23.3 Å². The largest absolute Gasteiger partial charge is 0.489 e. The van der Waals surface area contributed by atoms with Crippen LogP contribution in [0.5, 0.6) is 17.2 Å². The number of ether oxygens (including phenoxy) is 3. The lowest BCUT2D eigenvalue weighted by Crippen LogP contribution is -2.21. The van der Waals surface area contributed by atoms with Gasteiger partial charge in [-0.2, -0.15) is 5.26 Å². The van der Waals surface area contributed by atoms with Crippen LogP contribution < -0.4 is 14.2 Å². The van der Waals surface area contributed by atoms with Crippen molar-refractivity contribution < 1.29 is 14.2 Å². The number of hydrogen-bond donors (Lipinski definition) is 0. The molecule has 1 aliphatic rings. The highest BCUT2D eigenvalue weighted by Crippen LogP contribution is 2.37. The Kier molecular flexibility index (Phi) is 5.29. The van der Waals surface area contributed by atoms with Gasteiger partial charge in [0.15, 0.2) is 17.6 Å². The number of nitrogens with zero attached hydrogens (tertiary/aromatic N) is 1. The molecule has 28 heavy (non-hydrogen) atoms. The summed E-state index contributed by atoms with van der Waals surface area (Å²) in [5.74, 6) is 1.97. The van der Waals surface area contributed by atoms with Crippen molar-refractivity contribution in [1.82, 2.24) is 0 Å². The van der Waals surface area contributed by atoms with Gasteiger partial charge in [-0.05, 0) is 47.5 Å². The highest BCUT2D eigenvalue weighted by molar-refractivity contribution is 6.42. The van der Waals surface area contributed by atoms with E-state index in [0.29, 0.717) is 40.3 Å². The molecule has 0 aliphatic carbocycles. The molecule has 6 heteroatoms. The molecule has 1 heterocycles. The summed E-state index contributed by atoms with van der Waals surface area (Å²) >= 11 is 12.0. The van der Waals surface area contributed by atoms with Crippen LogP contribution in [-0.2, 0) is 6.61 Å². The van der Waals surface area contributed by atoms with Gasteiger partial charge in [-0.25, -0.2) is 0 Å². The van der Waals surface area contributed by atoms with Gasteiger partial charge in [0.2, 0.25) is 0 Å². The summed E-state index contributed by atoms with van der Waals surface area (Å²) in [5, 5.41) is 10.00. The van der Waals surface area contributed by atoms with Crippen LogP contribution in [0.3, 0.4) is 0 Å². The molecular formula is C22H15Cl2NO3. The number of fused-ring (bicyclic) bond motifs is 1. The van der Waals surface area contributed by atoms with Gasteiger partial charge in [0, 0.05) is 6.07 Å². The number of nitriles is 1. The van der Waals surface area contributed by atoms with E-state index in [9.17, 15) is 0 Å². The fourth-order valence-corrected chi connectivity index (χ4v) is 3.20. The van der Waals surface area contributed by atoms with Crippen molar-refractivity contribution in [2.75, 3.05) is 6.61 Å². The fourth-order valence-electron chi connectivity index (χ4n) is 2.88. The van der Waals surface area contributed by atoms with E-state index in [4.69, 9.17) is 42.7 Å². The van der Waals surface area contributed by atoms with Gasteiger partial charge in [-0.3, -0.25) is 0 Å². The molecule has 1 atom stereocenters. The van der Waals surface area contributed by atoms with E-state index in [0.717, 1.165) is 16.9 Å². The van der Waals surface area contributed by atoms with Crippen molar-refractivity contribution >= 4 is 23.2 Å². The quantitative estimate of drug-likeness (QED) is 0.531. The zero-order chi connectivity index (χ0) is 19.5. The lowest BCUT2D eigenvalue weighted by Gasteiger charge is -2.27. The topological polar surface area (TPSA) is 51.5 Å². The normalized spacial score (nSPS) is 15.0. The molecular weight excluding hydrogens is 397 g/mol. The second kappa shape index (κ2) is 8.02. The van der Waals surface area contributed by atoms with Crippen LogP contribution in [-0.4, -0.2) is 6.61 Å². The molecule has 0 saturated heterocycles. The monoisotopic (exact) mass is 411 g/mol. The summed E-state index contributed by atoms with van der Waals surface area (Å²) < 4.78 is 17.6. The van der Waals surface area contributed by atoms with Crippen LogP contribution >= 0.6 is 23.2 Å². The first-order chi connectivity index (χ1) is 13.6. The second-order valence-corrected chi connectivity index (χ2v) is 7.11. The van der Waals surface area contributed by atoms with E-state index in [-0.39, 0.29) is 6.10 Å². The third-order valence-electron chi connectivity index (χ3n) is 4.37. The maximum Gasteiger partial charge on any atom is 0.162 e. The van der Waals surface area contributed by atoms with Gasteiger partial charge in [0.25, 0.3) is 0 Å². The predicted molar refractivity (Wildman–Crippen MR) is 107 cm³/mol. The SMILES string of the molecule is N#Cc1ccc2c(c1)OC[C@@H](c1ccc(OCc3ccc(Cl)c(Cl)c3)cc1)O2. The number of rotatable bonds is 4. The molecule has 0 saturated carbocycles.